The number of rotatable bonds is 4. The van der Waals surface area contributed by atoms with E-state index in [9.17, 15) is 26.4 Å². The van der Waals surface area contributed by atoms with Crippen molar-refractivity contribution in [1.82, 2.24) is 0 Å². The van der Waals surface area contributed by atoms with Crippen LogP contribution in [0.2, 0.25) is 0 Å². The fraction of sp³-hybridized carbons (Fsp3) is 0.0500. The maximum Gasteiger partial charge on any atom is 0.416 e. The van der Waals surface area contributed by atoms with E-state index in [1.807, 2.05) is 0 Å². The molecule has 0 fully saturated rings. The monoisotopic (exact) mass is 420 g/mol. The summed E-state index contributed by atoms with van der Waals surface area (Å²) in [5.74, 6) is -0.679. The molecule has 0 aromatic heterocycles. The third-order valence-electron chi connectivity index (χ3n) is 4.10. The molecule has 0 atom stereocenters. The zero-order valence-corrected chi connectivity index (χ0v) is 15.6. The highest BCUT2D eigenvalue weighted by atomic mass is 32.2. The Labute approximate surface area is 165 Å². The second-order valence-electron chi connectivity index (χ2n) is 6.15. The van der Waals surface area contributed by atoms with Gasteiger partial charge in [-0.25, -0.2) is 13.6 Å². The van der Waals surface area contributed by atoms with E-state index in [4.69, 9.17) is 5.14 Å². The van der Waals surface area contributed by atoms with Gasteiger partial charge in [-0.05, 0) is 47.5 Å². The Kier molecular flexibility index (Phi) is 5.45. The van der Waals surface area contributed by atoms with Crippen molar-refractivity contribution in [3.63, 3.8) is 0 Å². The van der Waals surface area contributed by atoms with Crippen molar-refractivity contribution in [3.8, 4) is 11.1 Å². The van der Waals surface area contributed by atoms with Crippen molar-refractivity contribution in [1.29, 1.82) is 0 Å². The molecule has 3 aromatic carbocycles. The van der Waals surface area contributed by atoms with Gasteiger partial charge in [0.1, 0.15) is 0 Å². The minimum Gasteiger partial charge on any atom is -0.322 e. The zero-order valence-electron chi connectivity index (χ0n) is 14.8. The molecule has 0 radical (unpaired) electrons. The van der Waals surface area contributed by atoms with Crippen molar-refractivity contribution in [2.45, 2.75) is 11.1 Å². The number of nitrogens with one attached hydrogen (secondary N) is 1. The number of anilines is 1. The normalized spacial score (nSPS) is 11.9. The third kappa shape index (κ3) is 4.82. The molecule has 3 aromatic rings. The van der Waals surface area contributed by atoms with Crippen LogP contribution < -0.4 is 10.5 Å². The molecule has 0 saturated carbocycles. The van der Waals surface area contributed by atoms with Gasteiger partial charge in [0.25, 0.3) is 5.91 Å². The van der Waals surface area contributed by atoms with Crippen molar-refractivity contribution < 1.29 is 26.4 Å². The van der Waals surface area contributed by atoms with Crippen LogP contribution in [0.5, 0.6) is 0 Å². The van der Waals surface area contributed by atoms with Gasteiger partial charge in [-0.2, -0.15) is 13.2 Å². The molecule has 29 heavy (non-hydrogen) atoms. The van der Waals surface area contributed by atoms with Crippen LogP contribution in [0.15, 0.2) is 77.7 Å². The first kappa shape index (κ1) is 20.6. The number of halogens is 3. The Bertz CT molecular complexity index is 1160. The predicted molar refractivity (Wildman–Crippen MR) is 103 cm³/mol. The van der Waals surface area contributed by atoms with Crippen LogP contribution in [-0.2, 0) is 16.2 Å². The number of amides is 1. The van der Waals surface area contributed by atoms with E-state index in [0.717, 1.165) is 12.1 Å². The van der Waals surface area contributed by atoms with Gasteiger partial charge >= 0.3 is 6.18 Å². The van der Waals surface area contributed by atoms with Crippen molar-refractivity contribution in [2.24, 2.45) is 5.14 Å². The zero-order chi connectivity index (χ0) is 21.2. The smallest absolute Gasteiger partial charge is 0.322 e. The highest BCUT2D eigenvalue weighted by Gasteiger charge is 2.30. The van der Waals surface area contributed by atoms with Crippen LogP contribution in [0.1, 0.15) is 15.9 Å². The van der Waals surface area contributed by atoms with Crippen LogP contribution in [0.4, 0.5) is 18.9 Å². The Morgan fingerprint density at radius 2 is 1.52 bits per heavy atom. The Morgan fingerprint density at radius 1 is 0.862 bits per heavy atom. The van der Waals surface area contributed by atoms with Crippen LogP contribution in [0, 0.1) is 0 Å². The molecule has 5 nitrogen and oxygen atoms in total. The van der Waals surface area contributed by atoms with Gasteiger partial charge in [-0.3, -0.25) is 4.79 Å². The number of carbonyl (C=O) groups excluding carboxylic acids is 1. The molecule has 150 valence electrons. The van der Waals surface area contributed by atoms with Crippen LogP contribution >= 0.6 is 0 Å². The first-order chi connectivity index (χ1) is 13.6. The van der Waals surface area contributed by atoms with Gasteiger partial charge in [-0.15, -0.1) is 0 Å². The van der Waals surface area contributed by atoms with Gasteiger partial charge in [-0.1, -0.05) is 36.4 Å². The van der Waals surface area contributed by atoms with E-state index >= 15 is 0 Å². The summed E-state index contributed by atoms with van der Waals surface area (Å²) in [6.07, 6.45) is -4.44. The van der Waals surface area contributed by atoms with E-state index in [-0.39, 0.29) is 10.5 Å². The summed E-state index contributed by atoms with van der Waals surface area (Å²) in [6.45, 7) is 0. The molecule has 3 rings (SSSR count). The topological polar surface area (TPSA) is 89.3 Å². The summed E-state index contributed by atoms with van der Waals surface area (Å²) >= 11 is 0. The number of benzene rings is 3. The van der Waals surface area contributed by atoms with Gasteiger partial charge in [0, 0.05) is 5.69 Å². The summed E-state index contributed by atoms with van der Waals surface area (Å²) in [5, 5.41) is 7.67. The number of sulfonamides is 1. The van der Waals surface area contributed by atoms with Crippen LogP contribution in [0.25, 0.3) is 11.1 Å². The predicted octanol–water partition coefficient (Wildman–Crippen LogP) is 4.27. The quantitative estimate of drug-likeness (QED) is 0.661. The van der Waals surface area contributed by atoms with E-state index in [1.165, 1.54) is 42.5 Å². The lowest BCUT2D eigenvalue weighted by Crippen LogP contribution is -2.20. The number of hydrogen-bond acceptors (Lipinski definition) is 3. The lowest BCUT2D eigenvalue weighted by atomic mass is 10.0. The standard InChI is InChI=1S/C20H15F3N2O3S/c21-20(22,23)15-5-3-4-14(12-15)13-8-10-16(11-9-13)25-19(26)17-6-1-2-7-18(17)29(24,27)28/h1-12H,(H,25,26)(H2,24,27,28). The summed E-state index contributed by atoms with van der Waals surface area (Å²) in [4.78, 5) is 12.1. The Morgan fingerprint density at radius 3 is 2.14 bits per heavy atom. The number of nitrogens with two attached hydrogens (primary N) is 1. The third-order valence-corrected chi connectivity index (χ3v) is 5.07. The fourth-order valence-electron chi connectivity index (χ4n) is 2.72. The number of primary sulfonamides is 1. The van der Waals surface area contributed by atoms with Crippen LogP contribution in [0.3, 0.4) is 0 Å². The van der Waals surface area contributed by atoms with Crippen molar-refractivity contribution in [2.75, 3.05) is 5.32 Å². The molecule has 0 aliphatic heterocycles. The van der Waals surface area contributed by atoms with Gasteiger partial charge < -0.3 is 5.32 Å². The average molecular weight is 420 g/mol. The molecule has 0 spiro atoms. The number of hydrogen-bond donors (Lipinski definition) is 2. The molecular weight excluding hydrogens is 405 g/mol. The fourth-order valence-corrected chi connectivity index (χ4v) is 3.46. The average Bonchev–Trinajstić information content (AvgIpc) is 2.67. The van der Waals surface area contributed by atoms with E-state index in [0.29, 0.717) is 16.8 Å². The molecule has 0 saturated heterocycles. The molecule has 1 amide bonds. The molecule has 9 heteroatoms. The largest absolute Gasteiger partial charge is 0.416 e. The first-order valence-corrected chi connectivity index (χ1v) is 9.81. The summed E-state index contributed by atoms with van der Waals surface area (Å²) in [6, 6.07) is 16.5. The summed E-state index contributed by atoms with van der Waals surface area (Å²) in [5.41, 5.74) is 0.371. The van der Waals surface area contributed by atoms with Gasteiger partial charge in [0.2, 0.25) is 10.0 Å². The first-order valence-electron chi connectivity index (χ1n) is 8.26. The van der Waals surface area contributed by atoms with E-state index in [2.05, 4.69) is 5.32 Å². The van der Waals surface area contributed by atoms with E-state index < -0.39 is 27.7 Å². The molecule has 0 aliphatic rings. The maximum atomic E-state index is 12.9. The summed E-state index contributed by atoms with van der Waals surface area (Å²) < 4.78 is 61.9. The van der Waals surface area contributed by atoms with Crippen molar-refractivity contribution >= 4 is 21.6 Å². The molecule has 0 aliphatic carbocycles. The minimum absolute atomic E-state index is 0.114. The van der Waals surface area contributed by atoms with Crippen molar-refractivity contribution in [3.05, 3.63) is 83.9 Å². The second-order valence-corrected chi connectivity index (χ2v) is 7.68. The molecule has 0 heterocycles. The molecule has 0 bridgehead atoms. The minimum atomic E-state index is -4.44. The highest BCUT2D eigenvalue weighted by Crippen LogP contribution is 2.32. The number of alkyl halides is 3. The van der Waals surface area contributed by atoms with Gasteiger partial charge in [0.05, 0.1) is 16.0 Å². The van der Waals surface area contributed by atoms with E-state index in [1.54, 1.807) is 18.2 Å². The molecule has 0 unspecified atom stereocenters. The number of carbonyl (C=O) groups is 1. The molecular formula is C20H15F3N2O3S. The molecule has 3 N–H and O–H groups in total. The highest BCUT2D eigenvalue weighted by molar-refractivity contribution is 7.89. The SMILES string of the molecule is NS(=O)(=O)c1ccccc1C(=O)Nc1ccc(-c2cccc(C(F)(F)F)c2)cc1. The lowest BCUT2D eigenvalue weighted by Gasteiger charge is -2.11. The Balaban J connectivity index is 1.83. The maximum absolute atomic E-state index is 12.9. The van der Waals surface area contributed by atoms with Gasteiger partial charge in [0.15, 0.2) is 0 Å². The lowest BCUT2D eigenvalue weighted by molar-refractivity contribution is -0.137. The Hall–Kier alpha value is -3.17. The second kappa shape index (κ2) is 7.69. The summed E-state index contributed by atoms with van der Waals surface area (Å²) in [7, 11) is -4.08. The van der Waals surface area contributed by atoms with Crippen LogP contribution in [-0.4, -0.2) is 14.3 Å².